The molecule has 0 aromatic carbocycles. The van der Waals surface area contributed by atoms with E-state index in [9.17, 15) is 4.79 Å². The van der Waals surface area contributed by atoms with Crippen LogP contribution < -0.4 is 0 Å². The van der Waals surface area contributed by atoms with E-state index in [-0.39, 0.29) is 5.91 Å². The fourth-order valence-electron chi connectivity index (χ4n) is 1.51. The summed E-state index contributed by atoms with van der Waals surface area (Å²) >= 11 is 0. The van der Waals surface area contributed by atoms with Gasteiger partial charge in [-0.15, -0.1) is 0 Å². The van der Waals surface area contributed by atoms with Crippen molar-refractivity contribution in [1.82, 2.24) is 4.90 Å². The Labute approximate surface area is 91.8 Å². The van der Waals surface area contributed by atoms with Crippen LogP contribution in [-0.4, -0.2) is 36.1 Å². The van der Waals surface area contributed by atoms with Crippen molar-refractivity contribution in [3.8, 4) is 11.8 Å². The lowest BCUT2D eigenvalue weighted by Crippen LogP contribution is -2.50. The summed E-state index contributed by atoms with van der Waals surface area (Å²) in [5.41, 5.74) is -0.492. The third-order valence-corrected chi connectivity index (χ3v) is 2.35. The van der Waals surface area contributed by atoms with Gasteiger partial charge in [0.2, 0.25) is 5.91 Å². The molecule has 1 rings (SSSR count). The first-order valence-corrected chi connectivity index (χ1v) is 5.35. The van der Waals surface area contributed by atoms with E-state index in [0.29, 0.717) is 25.6 Å². The summed E-state index contributed by atoms with van der Waals surface area (Å²) < 4.78 is 5.63. The van der Waals surface area contributed by atoms with E-state index in [1.54, 1.807) is 11.8 Å². The normalized spacial score (nSPS) is 26.1. The monoisotopic (exact) mass is 209 g/mol. The molecule has 1 saturated heterocycles. The summed E-state index contributed by atoms with van der Waals surface area (Å²) in [5, 5.41) is 0. The first-order chi connectivity index (χ1) is 6.93. The van der Waals surface area contributed by atoms with Crippen molar-refractivity contribution in [2.75, 3.05) is 19.7 Å². The van der Waals surface area contributed by atoms with Crippen molar-refractivity contribution < 1.29 is 9.53 Å². The molecule has 0 spiro atoms. The van der Waals surface area contributed by atoms with Gasteiger partial charge in [0.05, 0.1) is 13.2 Å². The first-order valence-electron chi connectivity index (χ1n) is 5.35. The van der Waals surface area contributed by atoms with Crippen LogP contribution in [0.1, 0.15) is 27.7 Å². The predicted octanol–water partition coefficient (Wildman–Crippen LogP) is 1.28. The highest BCUT2D eigenvalue weighted by atomic mass is 16.5. The summed E-state index contributed by atoms with van der Waals surface area (Å²) in [4.78, 5) is 13.0. The molecular formula is C12H19NO2. The summed E-state index contributed by atoms with van der Waals surface area (Å²) in [6.45, 7) is 9.43. The van der Waals surface area contributed by atoms with Crippen LogP contribution in [0.2, 0.25) is 0 Å². The minimum Gasteiger partial charge on any atom is -0.359 e. The first kappa shape index (κ1) is 12.1. The fraction of sp³-hybridized carbons (Fsp3) is 0.750. The molecule has 1 amide bonds. The van der Waals surface area contributed by atoms with E-state index in [2.05, 4.69) is 11.8 Å². The van der Waals surface area contributed by atoms with Gasteiger partial charge in [-0.3, -0.25) is 4.79 Å². The Bertz CT molecular complexity index is 300. The van der Waals surface area contributed by atoms with Crippen molar-refractivity contribution >= 4 is 5.91 Å². The fourth-order valence-corrected chi connectivity index (χ4v) is 1.51. The van der Waals surface area contributed by atoms with E-state index in [0.717, 1.165) is 0 Å². The molecule has 0 unspecified atom stereocenters. The van der Waals surface area contributed by atoms with E-state index in [1.807, 2.05) is 20.8 Å². The molecule has 1 aliphatic heterocycles. The standard InChI is InChI=1S/C12H19NO2/c1-10(2)5-6-12(4)9-13(11(3)14)7-8-15-12/h10H,7-9H2,1-4H3/t12-/m1/s1. The number of hydrogen-bond acceptors (Lipinski definition) is 2. The van der Waals surface area contributed by atoms with Crippen LogP contribution in [0.5, 0.6) is 0 Å². The molecular weight excluding hydrogens is 190 g/mol. The van der Waals surface area contributed by atoms with Gasteiger partial charge >= 0.3 is 0 Å². The molecule has 1 heterocycles. The quantitative estimate of drug-likeness (QED) is 0.562. The van der Waals surface area contributed by atoms with Gasteiger partial charge in [-0.1, -0.05) is 25.7 Å². The van der Waals surface area contributed by atoms with Crippen LogP contribution in [-0.2, 0) is 9.53 Å². The average Bonchev–Trinajstić information content (AvgIpc) is 2.15. The zero-order valence-corrected chi connectivity index (χ0v) is 9.96. The zero-order chi connectivity index (χ0) is 11.5. The number of carbonyl (C=O) groups is 1. The lowest BCUT2D eigenvalue weighted by molar-refractivity contribution is -0.139. The van der Waals surface area contributed by atoms with Crippen LogP contribution in [0.25, 0.3) is 0 Å². The SMILES string of the molecule is CC(=O)N1CCO[C@](C)(C#CC(C)C)C1. The summed E-state index contributed by atoms with van der Waals surface area (Å²) in [5.74, 6) is 6.64. The molecule has 1 atom stereocenters. The molecule has 0 bridgehead atoms. The Morgan fingerprint density at radius 1 is 1.53 bits per heavy atom. The van der Waals surface area contributed by atoms with Gasteiger partial charge in [0.15, 0.2) is 0 Å². The van der Waals surface area contributed by atoms with E-state index in [1.165, 1.54) is 0 Å². The van der Waals surface area contributed by atoms with Gasteiger partial charge in [0.1, 0.15) is 5.60 Å². The number of nitrogens with zero attached hydrogens (tertiary/aromatic N) is 1. The second kappa shape index (κ2) is 4.67. The number of carbonyl (C=O) groups excluding carboxylic acids is 1. The van der Waals surface area contributed by atoms with Crippen molar-refractivity contribution in [2.45, 2.75) is 33.3 Å². The topological polar surface area (TPSA) is 29.5 Å². The zero-order valence-electron chi connectivity index (χ0n) is 9.96. The van der Waals surface area contributed by atoms with Crippen molar-refractivity contribution in [1.29, 1.82) is 0 Å². The van der Waals surface area contributed by atoms with Gasteiger partial charge in [-0.2, -0.15) is 0 Å². The number of ether oxygens (including phenoxy) is 1. The Morgan fingerprint density at radius 2 is 2.20 bits per heavy atom. The number of amides is 1. The Hall–Kier alpha value is -1.01. The average molecular weight is 209 g/mol. The number of rotatable bonds is 0. The van der Waals surface area contributed by atoms with Gasteiger partial charge in [-0.25, -0.2) is 0 Å². The lowest BCUT2D eigenvalue weighted by Gasteiger charge is -2.36. The third-order valence-electron chi connectivity index (χ3n) is 2.35. The Balaban J connectivity index is 2.69. The van der Waals surface area contributed by atoms with Crippen LogP contribution in [0.4, 0.5) is 0 Å². The maximum Gasteiger partial charge on any atom is 0.219 e. The Kier molecular flexibility index (Phi) is 3.76. The minimum atomic E-state index is -0.492. The van der Waals surface area contributed by atoms with Gasteiger partial charge in [0, 0.05) is 19.4 Å². The highest BCUT2D eigenvalue weighted by molar-refractivity contribution is 5.73. The van der Waals surface area contributed by atoms with Crippen LogP contribution >= 0.6 is 0 Å². The summed E-state index contributed by atoms with van der Waals surface area (Å²) in [6.07, 6.45) is 0. The molecule has 15 heavy (non-hydrogen) atoms. The van der Waals surface area contributed by atoms with Crippen LogP contribution in [0.3, 0.4) is 0 Å². The minimum absolute atomic E-state index is 0.0934. The third kappa shape index (κ3) is 3.56. The van der Waals surface area contributed by atoms with Gasteiger partial charge in [0.25, 0.3) is 0 Å². The molecule has 0 saturated carbocycles. The highest BCUT2D eigenvalue weighted by Gasteiger charge is 2.31. The number of hydrogen-bond donors (Lipinski definition) is 0. The highest BCUT2D eigenvalue weighted by Crippen LogP contribution is 2.16. The molecule has 0 aromatic heterocycles. The summed E-state index contributed by atoms with van der Waals surface area (Å²) in [6, 6.07) is 0. The van der Waals surface area contributed by atoms with Gasteiger partial charge in [-0.05, 0) is 6.92 Å². The number of morpholine rings is 1. The molecule has 1 fully saturated rings. The van der Waals surface area contributed by atoms with Crippen molar-refractivity contribution in [3.05, 3.63) is 0 Å². The molecule has 1 aliphatic rings. The van der Waals surface area contributed by atoms with Crippen molar-refractivity contribution in [2.24, 2.45) is 5.92 Å². The molecule has 0 N–H and O–H groups in total. The largest absolute Gasteiger partial charge is 0.359 e. The van der Waals surface area contributed by atoms with Crippen LogP contribution in [0, 0.1) is 17.8 Å². The van der Waals surface area contributed by atoms with E-state index in [4.69, 9.17) is 4.74 Å². The molecule has 0 aromatic rings. The van der Waals surface area contributed by atoms with Gasteiger partial charge < -0.3 is 9.64 Å². The van der Waals surface area contributed by atoms with Crippen molar-refractivity contribution in [3.63, 3.8) is 0 Å². The second-order valence-electron chi connectivity index (χ2n) is 4.44. The Morgan fingerprint density at radius 3 is 2.73 bits per heavy atom. The van der Waals surface area contributed by atoms with E-state index < -0.39 is 5.60 Å². The maximum atomic E-state index is 11.2. The predicted molar refractivity (Wildman–Crippen MR) is 59.2 cm³/mol. The summed E-state index contributed by atoms with van der Waals surface area (Å²) in [7, 11) is 0. The molecule has 3 nitrogen and oxygen atoms in total. The van der Waals surface area contributed by atoms with E-state index >= 15 is 0 Å². The molecule has 84 valence electrons. The maximum absolute atomic E-state index is 11.2. The second-order valence-corrected chi connectivity index (χ2v) is 4.44. The smallest absolute Gasteiger partial charge is 0.219 e. The molecule has 3 heteroatoms. The molecule has 0 aliphatic carbocycles. The lowest BCUT2D eigenvalue weighted by atomic mass is 10.0. The van der Waals surface area contributed by atoms with Crippen LogP contribution in [0.15, 0.2) is 0 Å². The molecule has 0 radical (unpaired) electrons.